The summed E-state index contributed by atoms with van der Waals surface area (Å²) in [6.45, 7) is 2.65. The van der Waals surface area contributed by atoms with Gasteiger partial charge in [0, 0.05) is 37.0 Å². The number of rotatable bonds is 3. The highest BCUT2D eigenvalue weighted by Gasteiger charge is 2.27. The average molecular weight is 370 g/mol. The maximum absolute atomic E-state index is 13.4. The minimum Gasteiger partial charge on any atom is -0.356 e. The molecule has 140 valence electrons. The lowest BCUT2D eigenvalue weighted by Gasteiger charge is -2.20. The molecule has 1 amide bonds. The quantitative estimate of drug-likeness (QED) is 0.701. The fourth-order valence-electron chi connectivity index (χ4n) is 4.06. The monoisotopic (exact) mass is 370 g/mol. The van der Waals surface area contributed by atoms with Crippen LogP contribution in [0.2, 0.25) is 0 Å². The van der Waals surface area contributed by atoms with Gasteiger partial charge in [0.2, 0.25) is 0 Å². The summed E-state index contributed by atoms with van der Waals surface area (Å²) in [5.74, 6) is 1.41. The predicted molar refractivity (Wildman–Crippen MR) is 111 cm³/mol. The number of hydrogen-bond donors (Lipinski definition) is 0. The molecular weight excluding hydrogens is 348 g/mol. The second-order valence-corrected chi connectivity index (χ2v) is 7.33. The third kappa shape index (κ3) is 3.03. The zero-order chi connectivity index (χ0) is 18.9. The summed E-state index contributed by atoms with van der Waals surface area (Å²) in [5, 5.41) is 0. The van der Waals surface area contributed by atoms with Crippen LogP contribution in [0.15, 0.2) is 60.7 Å². The molecule has 3 heterocycles. The van der Waals surface area contributed by atoms with E-state index in [-0.39, 0.29) is 5.91 Å². The molecule has 0 bridgehead atoms. The Bertz CT molecular complexity index is 1010. The zero-order valence-corrected chi connectivity index (χ0v) is 15.7. The van der Waals surface area contributed by atoms with Crippen molar-refractivity contribution >= 4 is 17.4 Å². The summed E-state index contributed by atoms with van der Waals surface area (Å²) < 4.78 is 0. The van der Waals surface area contributed by atoms with Crippen molar-refractivity contribution in [1.29, 1.82) is 0 Å². The normalized spacial score (nSPS) is 15.7. The number of para-hydroxylation sites is 1. The summed E-state index contributed by atoms with van der Waals surface area (Å²) in [7, 11) is 0. The second kappa shape index (κ2) is 7.08. The average Bonchev–Trinajstić information content (AvgIpc) is 3.44. The number of amides is 1. The van der Waals surface area contributed by atoms with E-state index in [4.69, 9.17) is 4.98 Å². The first-order valence-corrected chi connectivity index (χ1v) is 9.89. The number of carbonyl (C=O) groups excluding carboxylic acids is 1. The van der Waals surface area contributed by atoms with Gasteiger partial charge >= 0.3 is 0 Å². The maximum Gasteiger partial charge on any atom is 0.277 e. The van der Waals surface area contributed by atoms with Crippen LogP contribution in [0.1, 0.15) is 28.9 Å². The van der Waals surface area contributed by atoms with Crippen molar-refractivity contribution in [2.45, 2.75) is 19.3 Å². The molecule has 3 aromatic rings. The van der Waals surface area contributed by atoms with Crippen molar-refractivity contribution < 1.29 is 4.79 Å². The van der Waals surface area contributed by atoms with E-state index in [9.17, 15) is 4.79 Å². The minimum atomic E-state index is -0.0509. The molecule has 0 saturated carbocycles. The van der Waals surface area contributed by atoms with Gasteiger partial charge in [0.1, 0.15) is 11.5 Å². The number of anilines is 2. The molecule has 2 aliphatic rings. The van der Waals surface area contributed by atoms with Gasteiger partial charge in [-0.3, -0.25) is 4.79 Å². The van der Waals surface area contributed by atoms with E-state index in [0.717, 1.165) is 49.4 Å². The number of fused-ring (bicyclic) bond motifs is 1. The SMILES string of the molecule is O=C(c1cc(N2CCCC2)nc(-c2ccccc2)n1)N1CCc2ccccc21. The van der Waals surface area contributed by atoms with E-state index < -0.39 is 0 Å². The van der Waals surface area contributed by atoms with Crippen LogP contribution in [-0.2, 0) is 6.42 Å². The van der Waals surface area contributed by atoms with E-state index in [2.05, 4.69) is 16.0 Å². The molecule has 2 aromatic carbocycles. The fraction of sp³-hybridized carbons (Fsp3) is 0.261. The van der Waals surface area contributed by atoms with E-state index >= 15 is 0 Å². The summed E-state index contributed by atoms with van der Waals surface area (Å²) in [5.41, 5.74) is 3.61. The van der Waals surface area contributed by atoms with E-state index in [1.807, 2.05) is 59.5 Å². The Labute approximate surface area is 164 Å². The number of nitrogens with zero attached hydrogens (tertiary/aromatic N) is 4. The highest BCUT2D eigenvalue weighted by Crippen LogP contribution is 2.30. The summed E-state index contributed by atoms with van der Waals surface area (Å²) in [6.07, 6.45) is 3.21. The Kier molecular flexibility index (Phi) is 4.28. The van der Waals surface area contributed by atoms with Crippen molar-refractivity contribution in [2.75, 3.05) is 29.4 Å². The van der Waals surface area contributed by atoms with Crippen molar-refractivity contribution in [1.82, 2.24) is 9.97 Å². The molecule has 1 saturated heterocycles. The van der Waals surface area contributed by atoms with Gasteiger partial charge in [0.15, 0.2) is 5.82 Å². The maximum atomic E-state index is 13.4. The van der Waals surface area contributed by atoms with Crippen LogP contribution in [0.3, 0.4) is 0 Å². The van der Waals surface area contributed by atoms with Crippen LogP contribution in [0.25, 0.3) is 11.4 Å². The van der Waals surface area contributed by atoms with Gasteiger partial charge < -0.3 is 9.80 Å². The third-order valence-electron chi connectivity index (χ3n) is 5.53. The lowest BCUT2D eigenvalue weighted by Crippen LogP contribution is -2.30. The Morgan fingerprint density at radius 3 is 2.43 bits per heavy atom. The highest BCUT2D eigenvalue weighted by molar-refractivity contribution is 6.06. The van der Waals surface area contributed by atoms with Crippen molar-refractivity contribution in [2.24, 2.45) is 0 Å². The van der Waals surface area contributed by atoms with Gasteiger partial charge in [-0.15, -0.1) is 0 Å². The molecular formula is C23H22N4O. The first-order chi connectivity index (χ1) is 13.8. The molecule has 1 aromatic heterocycles. The topological polar surface area (TPSA) is 49.3 Å². The molecule has 0 N–H and O–H groups in total. The summed E-state index contributed by atoms with van der Waals surface area (Å²) in [4.78, 5) is 26.9. The molecule has 5 rings (SSSR count). The molecule has 0 aliphatic carbocycles. The second-order valence-electron chi connectivity index (χ2n) is 7.33. The van der Waals surface area contributed by atoms with Gasteiger partial charge in [-0.05, 0) is 30.9 Å². The number of hydrogen-bond acceptors (Lipinski definition) is 4. The van der Waals surface area contributed by atoms with Crippen LogP contribution in [-0.4, -0.2) is 35.5 Å². The lowest BCUT2D eigenvalue weighted by molar-refractivity contribution is 0.0984. The van der Waals surface area contributed by atoms with Crippen LogP contribution < -0.4 is 9.80 Å². The largest absolute Gasteiger partial charge is 0.356 e. The molecule has 5 nitrogen and oxygen atoms in total. The van der Waals surface area contributed by atoms with Gasteiger partial charge in [0.25, 0.3) is 5.91 Å². The third-order valence-corrected chi connectivity index (χ3v) is 5.53. The zero-order valence-electron chi connectivity index (χ0n) is 15.7. The fourth-order valence-corrected chi connectivity index (χ4v) is 4.06. The molecule has 1 fully saturated rings. The van der Waals surface area contributed by atoms with E-state index in [1.54, 1.807) is 0 Å². The molecule has 0 unspecified atom stereocenters. The molecule has 0 atom stereocenters. The van der Waals surface area contributed by atoms with Gasteiger partial charge in [-0.2, -0.15) is 0 Å². The standard InChI is InChI=1S/C23H22N4O/c28-23(27-15-12-17-8-4-5-11-20(17)27)19-16-21(26-13-6-7-14-26)25-22(24-19)18-9-2-1-3-10-18/h1-5,8-11,16H,6-7,12-15H2. The Morgan fingerprint density at radius 1 is 0.857 bits per heavy atom. The first-order valence-electron chi connectivity index (χ1n) is 9.89. The van der Waals surface area contributed by atoms with Crippen molar-refractivity contribution in [3.63, 3.8) is 0 Å². The smallest absolute Gasteiger partial charge is 0.277 e. The molecule has 28 heavy (non-hydrogen) atoms. The molecule has 2 aliphatic heterocycles. The van der Waals surface area contributed by atoms with Crippen LogP contribution in [0, 0.1) is 0 Å². The first kappa shape index (κ1) is 16.9. The molecule has 0 spiro atoms. The summed E-state index contributed by atoms with van der Waals surface area (Å²) >= 11 is 0. The number of carbonyl (C=O) groups is 1. The van der Waals surface area contributed by atoms with Crippen LogP contribution in [0.4, 0.5) is 11.5 Å². The lowest BCUT2D eigenvalue weighted by atomic mass is 10.2. The highest BCUT2D eigenvalue weighted by atomic mass is 16.2. The predicted octanol–water partition coefficient (Wildman–Crippen LogP) is 3.95. The molecule has 0 radical (unpaired) electrons. The minimum absolute atomic E-state index is 0.0509. The Hall–Kier alpha value is -3.21. The van der Waals surface area contributed by atoms with Crippen molar-refractivity contribution in [3.05, 3.63) is 71.9 Å². The van der Waals surface area contributed by atoms with E-state index in [1.165, 1.54) is 5.56 Å². The van der Waals surface area contributed by atoms with Crippen molar-refractivity contribution in [3.8, 4) is 11.4 Å². The van der Waals surface area contributed by atoms with Gasteiger partial charge in [0.05, 0.1) is 0 Å². The Morgan fingerprint density at radius 2 is 1.61 bits per heavy atom. The number of benzene rings is 2. The van der Waals surface area contributed by atoms with Crippen LogP contribution in [0.5, 0.6) is 0 Å². The van der Waals surface area contributed by atoms with Crippen LogP contribution >= 0.6 is 0 Å². The summed E-state index contributed by atoms with van der Waals surface area (Å²) in [6, 6.07) is 19.9. The number of aromatic nitrogens is 2. The molecule has 5 heteroatoms. The van der Waals surface area contributed by atoms with E-state index in [0.29, 0.717) is 18.1 Å². The Balaban J connectivity index is 1.57. The van der Waals surface area contributed by atoms with Gasteiger partial charge in [-0.1, -0.05) is 48.5 Å². The van der Waals surface area contributed by atoms with Gasteiger partial charge in [-0.25, -0.2) is 9.97 Å².